The molecule has 4 heteroatoms. The van der Waals surface area contributed by atoms with Gasteiger partial charge in [-0.1, -0.05) is 6.07 Å². The van der Waals surface area contributed by atoms with E-state index in [0.717, 1.165) is 18.6 Å². The van der Waals surface area contributed by atoms with Gasteiger partial charge in [0.2, 0.25) is 5.91 Å². The summed E-state index contributed by atoms with van der Waals surface area (Å²) < 4.78 is 0. The van der Waals surface area contributed by atoms with E-state index in [2.05, 4.69) is 36.3 Å². The van der Waals surface area contributed by atoms with Crippen molar-refractivity contribution in [1.82, 2.24) is 15.2 Å². The van der Waals surface area contributed by atoms with Gasteiger partial charge in [0, 0.05) is 36.7 Å². The first-order valence-electron chi connectivity index (χ1n) is 6.71. The fourth-order valence-corrected chi connectivity index (χ4v) is 2.89. The van der Waals surface area contributed by atoms with Gasteiger partial charge in [0.1, 0.15) is 0 Å². The molecule has 1 saturated heterocycles. The van der Waals surface area contributed by atoms with Crippen molar-refractivity contribution >= 4 is 16.8 Å². The molecular weight excluding hydrogens is 238 g/mol. The molecule has 19 heavy (non-hydrogen) atoms. The SMILES string of the molecule is Cc1cc(C)c2c(CN3CCNCC3=O)c[nH]c2c1. The molecule has 3 rings (SSSR count). The number of fused-ring (bicyclic) bond motifs is 1. The number of carbonyl (C=O) groups excluding carboxylic acids is 1. The molecule has 4 nitrogen and oxygen atoms in total. The van der Waals surface area contributed by atoms with Crippen LogP contribution in [-0.2, 0) is 11.3 Å². The molecule has 0 unspecified atom stereocenters. The fraction of sp³-hybridized carbons (Fsp3) is 0.400. The van der Waals surface area contributed by atoms with Crippen molar-refractivity contribution in [2.45, 2.75) is 20.4 Å². The molecule has 0 aliphatic carbocycles. The highest BCUT2D eigenvalue weighted by Gasteiger charge is 2.19. The number of nitrogens with zero attached hydrogens (tertiary/aromatic N) is 1. The van der Waals surface area contributed by atoms with Crippen LogP contribution in [0.3, 0.4) is 0 Å². The third-order valence-corrected chi connectivity index (χ3v) is 3.75. The number of piperazine rings is 1. The number of H-pyrrole nitrogens is 1. The number of aromatic amines is 1. The minimum absolute atomic E-state index is 0.186. The number of hydrogen-bond acceptors (Lipinski definition) is 2. The molecule has 0 saturated carbocycles. The molecule has 0 spiro atoms. The monoisotopic (exact) mass is 257 g/mol. The average molecular weight is 257 g/mol. The third kappa shape index (κ3) is 2.24. The van der Waals surface area contributed by atoms with Gasteiger partial charge >= 0.3 is 0 Å². The molecule has 1 fully saturated rings. The van der Waals surface area contributed by atoms with Gasteiger partial charge < -0.3 is 15.2 Å². The van der Waals surface area contributed by atoms with Gasteiger partial charge in [0.25, 0.3) is 0 Å². The Hall–Kier alpha value is -1.81. The standard InChI is InChI=1S/C15H19N3O/c1-10-5-11(2)15-12(7-17-13(15)6-10)9-18-4-3-16-8-14(18)19/h5-7,16-17H,3-4,8-9H2,1-2H3. The first-order chi connectivity index (χ1) is 9.15. The lowest BCUT2D eigenvalue weighted by Gasteiger charge is -2.27. The molecule has 100 valence electrons. The number of benzene rings is 1. The van der Waals surface area contributed by atoms with E-state index in [0.29, 0.717) is 13.1 Å². The lowest BCUT2D eigenvalue weighted by Crippen LogP contribution is -2.47. The van der Waals surface area contributed by atoms with Crippen LogP contribution in [0.4, 0.5) is 0 Å². The van der Waals surface area contributed by atoms with Gasteiger partial charge in [-0.3, -0.25) is 4.79 Å². The maximum atomic E-state index is 11.8. The van der Waals surface area contributed by atoms with Crippen LogP contribution in [0.15, 0.2) is 18.3 Å². The molecule has 1 aliphatic heterocycles. The Morgan fingerprint density at radius 1 is 1.32 bits per heavy atom. The Morgan fingerprint density at radius 2 is 2.16 bits per heavy atom. The second-order valence-corrected chi connectivity index (χ2v) is 5.31. The summed E-state index contributed by atoms with van der Waals surface area (Å²) in [7, 11) is 0. The molecule has 1 amide bonds. The first kappa shape index (κ1) is 12.2. The van der Waals surface area contributed by atoms with E-state index in [1.165, 1.54) is 22.1 Å². The number of rotatable bonds is 2. The summed E-state index contributed by atoms with van der Waals surface area (Å²) in [6.45, 7) is 7.06. The van der Waals surface area contributed by atoms with Gasteiger partial charge in [-0.2, -0.15) is 0 Å². The zero-order chi connectivity index (χ0) is 13.4. The van der Waals surface area contributed by atoms with Crippen molar-refractivity contribution in [1.29, 1.82) is 0 Å². The Balaban J connectivity index is 1.95. The lowest BCUT2D eigenvalue weighted by atomic mass is 10.0. The van der Waals surface area contributed by atoms with E-state index in [4.69, 9.17) is 0 Å². The fourth-order valence-electron chi connectivity index (χ4n) is 2.89. The number of hydrogen-bond donors (Lipinski definition) is 2. The number of nitrogens with one attached hydrogen (secondary N) is 2. The minimum atomic E-state index is 0.186. The zero-order valence-electron chi connectivity index (χ0n) is 11.4. The van der Waals surface area contributed by atoms with Crippen molar-refractivity contribution in [2.75, 3.05) is 19.6 Å². The van der Waals surface area contributed by atoms with Crippen LogP contribution in [0, 0.1) is 13.8 Å². The summed E-state index contributed by atoms with van der Waals surface area (Å²) in [5, 5.41) is 4.36. The molecule has 1 aromatic carbocycles. The van der Waals surface area contributed by atoms with Crippen molar-refractivity contribution in [3.63, 3.8) is 0 Å². The van der Waals surface area contributed by atoms with E-state index < -0.39 is 0 Å². The van der Waals surface area contributed by atoms with Crippen molar-refractivity contribution < 1.29 is 4.79 Å². The topological polar surface area (TPSA) is 48.1 Å². The molecular formula is C15H19N3O. The number of aromatic nitrogens is 1. The van der Waals surface area contributed by atoms with E-state index in [9.17, 15) is 4.79 Å². The molecule has 2 N–H and O–H groups in total. The molecule has 0 radical (unpaired) electrons. The van der Waals surface area contributed by atoms with Gasteiger partial charge in [-0.05, 0) is 36.6 Å². The maximum absolute atomic E-state index is 11.8. The van der Waals surface area contributed by atoms with Crippen LogP contribution in [0.2, 0.25) is 0 Å². The number of carbonyl (C=O) groups is 1. The van der Waals surface area contributed by atoms with E-state index >= 15 is 0 Å². The van der Waals surface area contributed by atoms with E-state index in [1.54, 1.807) is 0 Å². The minimum Gasteiger partial charge on any atom is -0.361 e. The van der Waals surface area contributed by atoms with Crippen molar-refractivity contribution in [3.05, 3.63) is 35.0 Å². The largest absolute Gasteiger partial charge is 0.361 e. The summed E-state index contributed by atoms with van der Waals surface area (Å²) in [5.74, 6) is 0.186. The smallest absolute Gasteiger partial charge is 0.236 e. The summed E-state index contributed by atoms with van der Waals surface area (Å²) in [4.78, 5) is 17.1. The Bertz CT molecular complexity index is 630. The van der Waals surface area contributed by atoms with Gasteiger partial charge in [-0.15, -0.1) is 0 Å². The summed E-state index contributed by atoms with van der Waals surface area (Å²) in [5.41, 5.74) is 4.91. The summed E-state index contributed by atoms with van der Waals surface area (Å²) in [6, 6.07) is 4.35. The molecule has 0 bridgehead atoms. The third-order valence-electron chi connectivity index (χ3n) is 3.75. The van der Waals surface area contributed by atoms with Crippen LogP contribution in [0.1, 0.15) is 16.7 Å². The Kier molecular flexibility index (Phi) is 3.03. The molecule has 2 heterocycles. The summed E-state index contributed by atoms with van der Waals surface area (Å²) >= 11 is 0. The Labute approximate surface area is 112 Å². The molecule has 2 aromatic rings. The van der Waals surface area contributed by atoms with E-state index in [1.807, 2.05) is 11.1 Å². The van der Waals surface area contributed by atoms with Gasteiger partial charge in [0.05, 0.1) is 6.54 Å². The van der Waals surface area contributed by atoms with Crippen LogP contribution >= 0.6 is 0 Å². The van der Waals surface area contributed by atoms with Gasteiger partial charge in [0.15, 0.2) is 0 Å². The summed E-state index contributed by atoms with van der Waals surface area (Å²) in [6.07, 6.45) is 2.03. The van der Waals surface area contributed by atoms with E-state index in [-0.39, 0.29) is 5.91 Å². The second-order valence-electron chi connectivity index (χ2n) is 5.31. The highest BCUT2D eigenvalue weighted by atomic mass is 16.2. The van der Waals surface area contributed by atoms with Crippen LogP contribution in [-0.4, -0.2) is 35.4 Å². The highest BCUT2D eigenvalue weighted by molar-refractivity contribution is 5.88. The number of amides is 1. The first-order valence-corrected chi connectivity index (χ1v) is 6.71. The lowest BCUT2D eigenvalue weighted by molar-refractivity contribution is -0.132. The predicted octanol–water partition coefficient (Wildman–Crippen LogP) is 1.72. The highest BCUT2D eigenvalue weighted by Crippen LogP contribution is 2.25. The maximum Gasteiger partial charge on any atom is 0.236 e. The molecule has 1 aliphatic rings. The van der Waals surface area contributed by atoms with Crippen LogP contribution < -0.4 is 5.32 Å². The molecule has 1 aromatic heterocycles. The van der Waals surface area contributed by atoms with Gasteiger partial charge in [-0.25, -0.2) is 0 Å². The zero-order valence-corrected chi connectivity index (χ0v) is 11.4. The molecule has 0 atom stereocenters. The Morgan fingerprint density at radius 3 is 2.95 bits per heavy atom. The predicted molar refractivity (Wildman–Crippen MR) is 76.1 cm³/mol. The normalized spacial score (nSPS) is 16.3. The van der Waals surface area contributed by atoms with Crippen molar-refractivity contribution in [3.8, 4) is 0 Å². The number of aryl methyl sites for hydroxylation is 2. The van der Waals surface area contributed by atoms with Crippen LogP contribution in [0.25, 0.3) is 10.9 Å². The second kappa shape index (κ2) is 4.70. The van der Waals surface area contributed by atoms with Crippen molar-refractivity contribution in [2.24, 2.45) is 0 Å². The average Bonchev–Trinajstić information content (AvgIpc) is 2.75. The quantitative estimate of drug-likeness (QED) is 0.860. The van der Waals surface area contributed by atoms with Crippen LogP contribution in [0.5, 0.6) is 0 Å².